The summed E-state index contributed by atoms with van der Waals surface area (Å²) in [4.78, 5) is 3.87. The molecule has 1 atom stereocenters. The van der Waals surface area contributed by atoms with Crippen molar-refractivity contribution >= 4 is 39.0 Å². The van der Waals surface area contributed by atoms with E-state index in [0.29, 0.717) is 5.56 Å². The van der Waals surface area contributed by atoms with E-state index in [9.17, 15) is 12.8 Å². The van der Waals surface area contributed by atoms with Crippen molar-refractivity contribution in [2.75, 3.05) is 18.8 Å². The molecule has 3 aromatic rings. The lowest BCUT2D eigenvalue weighted by Gasteiger charge is -2.22. The molecule has 1 aliphatic rings. The van der Waals surface area contributed by atoms with Gasteiger partial charge < -0.3 is 11.1 Å². The van der Waals surface area contributed by atoms with Crippen LogP contribution in [0.2, 0.25) is 10.0 Å². The first kappa shape index (κ1) is 23.9. The van der Waals surface area contributed by atoms with Crippen LogP contribution in [0, 0.1) is 5.82 Å². The lowest BCUT2D eigenvalue weighted by atomic mass is 10.1. The number of rotatable bonds is 6. The monoisotopic (exact) mass is 512 g/mol. The summed E-state index contributed by atoms with van der Waals surface area (Å²) >= 11 is 12.2. The quantitative estimate of drug-likeness (QED) is 0.431. The standard InChI is InChI=1S/C21H23Cl2FN6O2S/c1-12(19-16(22)2-3-17(24)20(19)23)29-33(31,32)18-8-13(9-27-21(18)25)14-10-28-30(11-14)15-4-6-26-7-5-15/h2-3,8-12,15,26,29H,4-7H2,1H3,(H2,25,27). The van der Waals surface area contributed by atoms with Gasteiger partial charge in [-0.1, -0.05) is 23.2 Å². The summed E-state index contributed by atoms with van der Waals surface area (Å²) in [6, 6.07) is 3.24. The van der Waals surface area contributed by atoms with Crippen molar-refractivity contribution in [1.82, 2.24) is 24.8 Å². The molecule has 0 bridgehead atoms. The van der Waals surface area contributed by atoms with Gasteiger partial charge in [-0.3, -0.25) is 4.68 Å². The number of pyridine rings is 1. The van der Waals surface area contributed by atoms with Gasteiger partial charge in [0.15, 0.2) is 0 Å². The predicted molar refractivity (Wildman–Crippen MR) is 126 cm³/mol. The van der Waals surface area contributed by atoms with Gasteiger partial charge in [0.05, 0.1) is 17.3 Å². The van der Waals surface area contributed by atoms with Gasteiger partial charge in [-0.25, -0.2) is 22.5 Å². The molecule has 0 radical (unpaired) electrons. The zero-order chi connectivity index (χ0) is 23.8. The first-order chi connectivity index (χ1) is 15.7. The van der Waals surface area contributed by atoms with Crippen molar-refractivity contribution in [3.05, 3.63) is 58.2 Å². The summed E-state index contributed by atoms with van der Waals surface area (Å²) in [5.74, 6) is -0.864. The molecular weight excluding hydrogens is 490 g/mol. The van der Waals surface area contributed by atoms with E-state index in [-0.39, 0.29) is 32.4 Å². The smallest absolute Gasteiger partial charge is 0.244 e. The first-order valence-corrected chi connectivity index (χ1v) is 12.6. The Labute approximate surface area is 201 Å². The molecular formula is C21H23Cl2FN6O2S. The van der Waals surface area contributed by atoms with E-state index in [1.54, 1.807) is 6.20 Å². The highest BCUT2D eigenvalue weighted by atomic mass is 35.5. The second-order valence-electron chi connectivity index (χ2n) is 7.90. The van der Waals surface area contributed by atoms with Gasteiger partial charge in [0.1, 0.15) is 16.5 Å². The fraction of sp³-hybridized carbons (Fsp3) is 0.333. The van der Waals surface area contributed by atoms with E-state index in [0.717, 1.165) is 37.6 Å². The molecule has 4 rings (SSSR count). The molecule has 2 aromatic heterocycles. The molecule has 3 heterocycles. The van der Waals surface area contributed by atoms with Crippen LogP contribution in [0.1, 0.15) is 37.4 Å². The Hall–Kier alpha value is -2.24. The van der Waals surface area contributed by atoms with E-state index >= 15 is 0 Å². The highest BCUT2D eigenvalue weighted by Crippen LogP contribution is 2.34. The molecule has 4 N–H and O–H groups in total. The number of piperidine rings is 1. The number of sulfonamides is 1. The molecule has 0 amide bonds. The van der Waals surface area contributed by atoms with E-state index in [1.165, 1.54) is 25.3 Å². The van der Waals surface area contributed by atoms with Gasteiger partial charge in [-0.05, 0) is 51.1 Å². The second kappa shape index (κ2) is 9.55. The van der Waals surface area contributed by atoms with Crippen molar-refractivity contribution in [1.29, 1.82) is 0 Å². The van der Waals surface area contributed by atoms with E-state index in [2.05, 4.69) is 20.1 Å². The average molecular weight is 513 g/mol. The molecule has 1 fully saturated rings. The number of nitrogens with two attached hydrogens (primary N) is 1. The van der Waals surface area contributed by atoms with Crippen molar-refractivity contribution in [3.8, 4) is 11.1 Å². The molecule has 1 saturated heterocycles. The number of benzene rings is 1. The van der Waals surface area contributed by atoms with Gasteiger partial charge in [0, 0.05) is 40.1 Å². The zero-order valence-corrected chi connectivity index (χ0v) is 20.1. The molecule has 8 nitrogen and oxygen atoms in total. The van der Waals surface area contributed by atoms with Crippen molar-refractivity contribution in [2.24, 2.45) is 0 Å². The molecule has 12 heteroatoms. The van der Waals surface area contributed by atoms with Gasteiger partial charge in [0.25, 0.3) is 0 Å². The third-order valence-electron chi connectivity index (χ3n) is 5.63. The lowest BCUT2D eigenvalue weighted by molar-refractivity contribution is 0.343. The van der Waals surface area contributed by atoms with Gasteiger partial charge >= 0.3 is 0 Å². The van der Waals surface area contributed by atoms with Crippen LogP contribution < -0.4 is 15.8 Å². The average Bonchev–Trinajstić information content (AvgIpc) is 3.27. The summed E-state index contributed by atoms with van der Waals surface area (Å²) in [5, 5.41) is 7.65. The maximum atomic E-state index is 13.9. The summed E-state index contributed by atoms with van der Waals surface area (Å²) in [6.45, 7) is 3.37. The first-order valence-electron chi connectivity index (χ1n) is 10.3. The lowest BCUT2D eigenvalue weighted by Crippen LogP contribution is -2.29. The van der Waals surface area contributed by atoms with Crippen LogP contribution >= 0.6 is 23.2 Å². The largest absolute Gasteiger partial charge is 0.383 e. The molecule has 176 valence electrons. The van der Waals surface area contributed by atoms with Crippen LogP contribution in [0.5, 0.6) is 0 Å². The molecule has 33 heavy (non-hydrogen) atoms. The van der Waals surface area contributed by atoms with Crippen LogP contribution in [-0.4, -0.2) is 36.3 Å². The summed E-state index contributed by atoms with van der Waals surface area (Å²) in [5.41, 5.74) is 7.31. The summed E-state index contributed by atoms with van der Waals surface area (Å²) in [7, 11) is -4.14. The number of halogens is 3. The minimum Gasteiger partial charge on any atom is -0.383 e. The number of anilines is 1. The molecule has 1 aromatic carbocycles. The topological polar surface area (TPSA) is 115 Å². The van der Waals surface area contributed by atoms with Crippen LogP contribution in [0.25, 0.3) is 11.1 Å². The highest BCUT2D eigenvalue weighted by molar-refractivity contribution is 7.89. The minimum atomic E-state index is -4.14. The zero-order valence-electron chi connectivity index (χ0n) is 17.7. The molecule has 0 spiro atoms. The van der Waals surface area contributed by atoms with E-state index < -0.39 is 21.9 Å². The van der Waals surface area contributed by atoms with E-state index in [1.807, 2.05) is 10.9 Å². The number of nitrogen functional groups attached to an aromatic ring is 1. The molecule has 0 aliphatic carbocycles. The summed E-state index contributed by atoms with van der Waals surface area (Å²) in [6.07, 6.45) is 6.99. The van der Waals surface area contributed by atoms with Crippen molar-refractivity contribution < 1.29 is 12.8 Å². The molecule has 0 saturated carbocycles. The number of nitrogens with one attached hydrogen (secondary N) is 2. The normalized spacial score (nSPS) is 16.1. The van der Waals surface area contributed by atoms with Gasteiger partial charge in [-0.15, -0.1) is 0 Å². The van der Waals surface area contributed by atoms with Crippen molar-refractivity contribution in [2.45, 2.75) is 36.7 Å². The maximum Gasteiger partial charge on any atom is 0.244 e. The third-order valence-corrected chi connectivity index (χ3v) is 7.92. The molecule has 1 aliphatic heterocycles. The fourth-order valence-corrected chi connectivity index (χ4v) is 5.90. The fourth-order valence-electron chi connectivity index (χ4n) is 3.88. The number of hydrogen-bond acceptors (Lipinski definition) is 6. The number of aromatic nitrogens is 3. The van der Waals surface area contributed by atoms with Crippen LogP contribution in [0.3, 0.4) is 0 Å². The van der Waals surface area contributed by atoms with Gasteiger partial charge in [-0.2, -0.15) is 5.10 Å². The van der Waals surface area contributed by atoms with Crippen LogP contribution in [-0.2, 0) is 10.0 Å². The maximum absolute atomic E-state index is 13.9. The molecule has 1 unspecified atom stereocenters. The van der Waals surface area contributed by atoms with Gasteiger partial charge in [0.2, 0.25) is 10.0 Å². The second-order valence-corrected chi connectivity index (χ2v) is 10.4. The summed E-state index contributed by atoms with van der Waals surface area (Å²) < 4.78 is 44.6. The third kappa shape index (κ3) is 4.99. The Balaban J connectivity index is 1.62. The highest BCUT2D eigenvalue weighted by Gasteiger charge is 2.26. The number of hydrogen-bond donors (Lipinski definition) is 3. The predicted octanol–water partition coefficient (Wildman–Crippen LogP) is 3.94. The van der Waals surface area contributed by atoms with Crippen molar-refractivity contribution in [3.63, 3.8) is 0 Å². The SMILES string of the molecule is CC(NS(=O)(=O)c1cc(-c2cnn(C3CCNCC3)c2)cnc1N)c1c(Cl)ccc(F)c1Cl. The Bertz CT molecular complexity index is 1280. The Morgan fingerprint density at radius 1 is 1.24 bits per heavy atom. The van der Waals surface area contributed by atoms with E-state index in [4.69, 9.17) is 28.9 Å². The van der Waals surface area contributed by atoms with Crippen LogP contribution in [0.15, 0.2) is 41.7 Å². The van der Waals surface area contributed by atoms with Crippen LogP contribution in [0.4, 0.5) is 10.2 Å². The Kier molecular flexibility index (Phi) is 6.92. The number of nitrogens with zero attached hydrogens (tertiary/aromatic N) is 3. The Morgan fingerprint density at radius 2 is 1.97 bits per heavy atom. The minimum absolute atomic E-state index is 0.132. The Morgan fingerprint density at radius 3 is 2.70 bits per heavy atom.